The number of pyridine rings is 1. The summed E-state index contributed by atoms with van der Waals surface area (Å²) in [5, 5.41) is 10.7. The third-order valence-corrected chi connectivity index (χ3v) is 3.35. The van der Waals surface area contributed by atoms with Crippen molar-refractivity contribution in [2.24, 2.45) is 0 Å². The third kappa shape index (κ3) is 2.83. The molecule has 2 nitrogen and oxygen atoms in total. The average Bonchev–Trinajstić information content (AvgIpc) is 2.31. The number of aliphatic hydroxyl groups is 1. The van der Waals surface area contributed by atoms with Gasteiger partial charge < -0.3 is 5.11 Å². The maximum atomic E-state index is 13.6. The molecule has 0 bridgehead atoms. The van der Waals surface area contributed by atoms with Crippen LogP contribution < -0.4 is 0 Å². The molecular formula is C12H7BrCl2FNO. The highest BCUT2D eigenvalue weighted by atomic mass is 79.9. The van der Waals surface area contributed by atoms with Gasteiger partial charge in [-0.3, -0.25) is 4.98 Å². The van der Waals surface area contributed by atoms with E-state index in [0.717, 1.165) is 0 Å². The minimum absolute atomic E-state index is 0.0982. The Morgan fingerprint density at radius 3 is 2.67 bits per heavy atom. The first-order valence-electron chi connectivity index (χ1n) is 4.93. The molecule has 0 amide bonds. The summed E-state index contributed by atoms with van der Waals surface area (Å²) in [4.78, 5) is 3.93. The van der Waals surface area contributed by atoms with Crippen molar-refractivity contribution < 1.29 is 9.50 Å². The van der Waals surface area contributed by atoms with E-state index >= 15 is 0 Å². The highest BCUT2D eigenvalue weighted by molar-refractivity contribution is 9.10. The number of hydrogen-bond donors (Lipinski definition) is 1. The molecule has 0 saturated carbocycles. The van der Waals surface area contributed by atoms with E-state index in [4.69, 9.17) is 23.2 Å². The molecule has 0 saturated heterocycles. The van der Waals surface area contributed by atoms with Crippen LogP contribution in [0.4, 0.5) is 4.39 Å². The maximum Gasteiger partial charge on any atom is 0.129 e. The lowest BCUT2D eigenvalue weighted by molar-refractivity contribution is 0.210. The van der Waals surface area contributed by atoms with Crippen molar-refractivity contribution in [1.29, 1.82) is 0 Å². The Hall–Kier alpha value is -0.680. The molecule has 2 aromatic rings. The monoisotopic (exact) mass is 349 g/mol. The van der Waals surface area contributed by atoms with Gasteiger partial charge in [0.15, 0.2) is 0 Å². The predicted molar refractivity (Wildman–Crippen MR) is 72.4 cm³/mol. The van der Waals surface area contributed by atoms with Gasteiger partial charge in [0, 0.05) is 16.2 Å². The van der Waals surface area contributed by atoms with Gasteiger partial charge in [-0.1, -0.05) is 39.1 Å². The molecule has 1 atom stereocenters. The number of aromatic nitrogens is 1. The summed E-state index contributed by atoms with van der Waals surface area (Å²) >= 11 is 14.9. The molecule has 0 aliphatic carbocycles. The minimum atomic E-state index is -1.24. The molecule has 94 valence electrons. The van der Waals surface area contributed by atoms with Crippen molar-refractivity contribution in [2.45, 2.75) is 6.10 Å². The summed E-state index contributed by atoms with van der Waals surface area (Å²) in [6.07, 6.45) is 0.106. The Bertz CT molecular complexity index is 594. The summed E-state index contributed by atoms with van der Waals surface area (Å²) < 4.78 is 14.3. The van der Waals surface area contributed by atoms with Crippen LogP contribution in [0.5, 0.6) is 0 Å². The number of hydrogen-bond acceptors (Lipinski definition) is 2. The molecule has 18 heavy (non-hydrogen) atoms. The van der Waals surface area contributed by atoms with Crippen molar-refractivity contribution in [3.63, 3.8) is 0 Å². The van der Waals surface area contributed by atoms with Gasteiger partial charge >= 0.3 is 0 Å². The number of rotatable bonds is 2. The SMILES string of the molecule is OC(c1cc(Br)ccc1F)c1ncc(Cl)cc1Cl. The second-order valence-electron chi connectivity index (χ2n) is 3.59. The third-order valence-electron chi connectivity index (χ3n) is 2.35. The lowest BCUT2D eigenvalue weighted by atomic mass is 10.1. The second-order valence-corrected chi connectivity index (χ2v) is 5.35. The van der Waals surface area contributed by atoms with Crippen molar-refractivity contribution in [3.05, 3.63) is 62.1 Å². The van der Waals surface area contributed by atoms with Crippen LogP contribution in [0.1, 0.15) is 17.4 Å². The zero-order valence-electron chi connectivity index (χ0n) is 8.87. The van der Waals surface area contributed by atoms with Gasteiger partial charge in [-0.2, -0.15) is 0 Å². The largest absolute Gasteiger partial charge is 0.382 e. The summed E-state index contributed by atoms with van der Waals surface area (Å²) in [6, 6.07) is 5.73. The van der Waals surface area contributed by atoms with E-state index in [2.05, 4.69) is 20.9 Å². The molecule has 0 radical (unpaired) electrons. The second kappa shape index (κ2) is 5.53. The Balaban J connectivity index is 2.47. The molecule has 1 heterocycles. The first kappa shape index (κ1) is 13.7. The van der Waals surface area contributed by atoms with Crippen LogP contribution in [0.2, 0.25) is 10.0 Å². The highest BCUT2D eigenvalue weighted by Gasteiger charge is 2.19. The van der Waals surface area contributed by atoms with Gasteiger partial charge in [0.2, 0.25) is 0 Å². The van der Waals surface area contributed by atoms with Crippen molar-refractivity contribution in [2.75, 3.05) is 0 Å². The van der Waals surface area contributed by atoms with E-state index in [1.54, 1.807) is 6.07 Å². The minimum Gasteiger partial charge on any atom is -0.382 e. The van der Waals surface area contributed by atoms with Crippen molar-refractivity contribution >= 4 is 39.1 Å². The van der Waals surface area contributed by atoms with Gasteiger partial charge in [0.05, 0.1) is 15.7 Å². The fourth-order valence-electron chi connectivity index (χ4n) is 1.50. The van der Waals surface area contributed by atoms with Crippen LogP contribution >= 0.6 is 39.1 Å². The average molecular weight is 351 g/mol. The smallest absolute Gasteiger partial charge is 0.129 e. The molecule has 0 aliphatic heterocycles. The van der Waals surface area contributed by atoms with Gasteiger partial charge in [-0.25, -0.2) is 4.39 Å². The van der Waals surface area contributed by atoms with Crippen LogP contribution in [0, 0.1) is 5.82 Å². The molecule has 6 heteroatoms. The standard InChI is InChI=1S/C12H7BrCl2FNO/c13-6-1-2-10(16)8(3-6)12(18)11-9(15)4-7(14)5-17-11/h1-5,12,18H. The van der Waals surface area contributed by atoms with Crippen LogP contribution in [0.3, 0.4) is 0 Å². The quantitative estimate of drug-likeness (QED) is 0.872. The van der Waals surface area contributed by atoms with Gasteiger partial charge in [0.1, 0.15) is 11.9 Å². The Morgan fingerprint density at radius 2 is 2.00 bits per heavy atom. The van der Waals surface area contributed by atoms with E-state index in [1.165, 1.54) is 24.4 Å². The summed E-state index contributed by atoms with van der Waals surface area (Å²) in [6.45, 7) is 0. The lowest BCUT2D eigenvalue weighted by Crippen LogP contribution is -2.05. The van der Waals surface area contributed by atoms with Crippen LogP contribution in [0.25, 0.3) is 0 Å². The fourth-order valence-corrected chi connectivity index (χ4v) is 2.36. The number of aliphatic hydroxyl groups excluding tert-OH is 1. The van der Waals surface area contributed by atoms with E-state index in [1.807, 2.05) is 0 Å². The predicted octanol–water partition coefficient (Wildman–Crippen LogP) is 4.37. The number of benzene rings is 1. The lowest BCUT2D eigenvalue weighted by Gasteiger charge is -2.13. The maximum absolute atomic E-state index is 13.6. The molecule has 1 aromatic heterocycles. The van der Waals surface area contributed by atoms with Crippen LogP contribution in [-0.4, -0.2) is 10.1 Å². The van der Waals surface area contributed by atoms with Gasteiger partial charge in [-0.05, 0) is 24.3 Å². The van der Waals surface area contributed by atoms with E-state index < -0.39 is 11.9 Å². The summed E-state index contributed by atoms with van der Waals surface area (Å²) in [5.41, 5.74) is 0.263. The van der Waals surface area contributed by atoms with Gasteiger partial charge in [-0.15, -0.1) is 0 Å². The van der Waals surface area contributed by atoms with Gasteiger partial charge in [0.25, 0.3) is 0 Å². The molecule has 2 rings (SSSR count). The van der Waals surface area contributed by atoms with Crippen molar-refractivity contribution in [1.82, 2.24) is 4.98 Å². The van der Waals surface area contributed by atoms with E-state index in [9.17, 15) is 9.50 Å². The number of nitrogens with zero attached hydrogens (tertiary/aromatic N) is 1. The fraction of sp³-hybridized carbons (Fsp3) is 0.0833. The zero-order valence-corrected chi connectivity index (χ0v) is 12.0. The number of halogens is 4. The van der Waals surface area contributed by atoms with E-state index in [-0.39, 0.29) is 16.3 Å². The Labute approximate surface area is 122 Å². The molecular weight excluding hydrogens is 344 g/mol. The first-order chi connectivity index (χ1) is 8.49. The van der Waals surface area contributed by atoms with E-state index in [0.29, 0.717) is 9.50 Å². The molecule has 1 N–H and O–H groups in total. The summed E-state index contributed by atoms with van der Waals surface area (Å²) in [5.74, 6) is -0.529. The van der Waals surface area contributed by atoms with Crippen molar-refractivity contribution in [3.8, 4) is 0 Å². The molecule has 1 aromatic carbocycles. The van der Waals surface area contributed by atoms with Crippen LogP contribution in [-0.2, 0) is 0 Å². The molecule has 0 spiro atoms. The highest BCUT2D eigenvalue weighted by Crippen LogP contribution is 2.30. The topological polar surface area (TPSA) is 33.1 Å². The Morgan fingerprint density at radius 1 is 1.28 bits per heavy atom. The zero-order chi connectivity index (χ0) is 13.3. The molecule has 1 unspecified atom stereocenters. The summed E-state index contributed by atoms with van der Waals surface area (Å²) in [7, 11) is 0. The Kier molecular flexibility index (Phi) is 4.22. The van der Waals surface area contributed by atoms with Crippen LogP contribution in [0.15, 0.2) is 34.9 Å². The first-order valence-corrected chi connectivity index (χ1v) is 6.48. The molecule has 0 fully saturated rings. The normalized spacial score (nSPS) is 12.5. The molecule has 0 aliphatic rings.